The molecular weight excluding hydrogens is 288 g/mol. The standard InChI is InChI=1S/C19H22N2O2/c1-14-8-10-15(11-9-14)23-13-12-21-17-7-5-4-6-16(17)20-19(2,3)18(21)22/h4-11,20H,12-13H2,1-3H3. The van der Waals surface area contributed by atoms with E-state index in [9.17, 15) is 4.79 Å². The van der Waals surface area contributed by atoms with Crippen molar-refractivity contribution in [1.82, 2.24) is 0 Å². The summed E-state index contributed by atoms with van der Waals surface area (Å²) in [6, 6.07) is 15.8. The van der Waals surface area contributed by atoms with Crippen LogP contribution in [0.4, 0.5) is 11.4 Å². The number of hydrogen-bond donors (Lipinski definition) is 1. The molecule has 0 fully saturated rings. The number of carbonyl (C=O) groups excluding carboxylic acids is 1. The SMILES string of the molecule is Cc1ccc(OCCN2C(=O)C(C)(C)Nc3ccccc32)cc1. The van der Waals surface area contributed by atoms with Crippen molar-refractivity contribution in [2.75, 3.05) is 23.4 Å². The van der Waals surface area contributed by atoms with Crippen LogP contribution in [0.25, 0.3) is 0 Å². The van der Waals surface area contributed by atoms with Crippen LogP contribution in [0, 0.1) is 6.92 Å². The highest BCUT2D eigenvalue weighted by atomic mass is 16.5. The summed E-state index contributed by atoms with van der Waals surface area (Å²) in [5.41, 5.74) is 2.47. The fraction of sp³-hybridized carbons (Fsp3) is 0.316. The van der Waals surface area contributed by atoms with Gasteiger partial charge in [-0.05, 0) is 45.0 Å². The van der Waals surface area contributed by atoms with E-state index >= 15 is 0 Å². The average molecular weight is 310 g/mol. The number of nitrogens with zero attached hydrogens (tertiary/aromatic N) is 1. The Morgan fingerprint density at radius 1 is 1.09 bits per heavy atom. The van der Waals surface area contributed by atoms with Crippen LogP contribution < -0.4 is 15.0 Å². The van der Waals surface area contributed by atoms with Crippen molar-refractivity contribution in [3.05, 3.63) is 54.1 Å². The largest absolute Gasteiger partial charge is 0.492 e. The highest BCUT2D eigenvalue weighted by Crippen LogP contribution is 2.34. The molecule has 23 heavy (non-hydrogen) atoms. The van der Waals surface area contributed by atoms with Gasteiger partial charge >= 0.3 is 0 Å². The van der Waals surface area contributed by atoms with Crippen LogP contribution in [0.2, 0.25) is 0 Å². The summed E-state index contributed by atoms with van der Waals surface area (Å²) in [4.78, 5) is 14.5. The van der Waals surface area contributed by atoms with Crippen LogP contribution in [0.15, 0.2) is 48.5 Å². The molecule has 0 bridgehead atoms. The molecule has 0 aliphatic carbocycles. The average Bonchev–Trinajstić information content (AvgIpc) is 2.52. The molecule has 0 unspecified atom stereocenters. The molecular formula is C19H22N2O2. The van der Waals surface area contributed by atoms with Gasteiger partial charge in [-0.15, -0.1) is 0 Å². The molecule has 4 heteroatoms. The number of fused-ring (bicyclic) bond motifs is 1. The van der Waals surface area contributed by atoms with Crippen molar-refractivity contribution in [1.29, 1.82) is 0 Å². The Kier molecular flexibility index (Phi) is 3.99. The molecule has 0 atom stereocenters. The fourth-order valence-electron chi connectivity index (χ4n) is 2.76. The predicted octanol–water partition coefficient (Wildman–Crippen LogP) is 3.61. The van der Waals surface area contributed by atoms with Gasteiger partial charge in [-0.3, -0.25) is 4.79 Å². The van der Waals surface area contributed by atoms with Crippen LogP contribution in [-0.4, -0.2) is 24.6 Å². The van der Waals surface area contributed by atoms with Crippen molar-refractivity contribution in [3.8, 4) is 5.75 Å². The Hall–Kier alpha value is -2.49. The van der Waals surface area contributed by atoms with Crippen molar-refractivity contribution in [3.63, 3.8) is 0 Å². The summed E-state index contributed by atoms with van der Waals surface area (Å²) in [5.74, 6) is 0.884. The minimum atomic E-state index is -0.613. The lowest BCUT2D eigenvalue weighted by Crippen LogP contribution is -2.54. The molecule has 0 radical (unpaired) electrons. The van der Waals surface area contributed by atoms with E-state index in [1.165, 1.54) is 5.56 Å². The Balaban J connectivity index is 1.73. The first-order valence-corrected chi connectivity index (χ1v) is 7.86. The van der Waals surface area contributed by atoms with Gasteiger partial charge in [0.2, 0.25) is 0 Å². The summed E-state index contributed by atoms with van der Waals surface area (Å²) in [7, 11) is 0. The highest BCUT2D eigenvalue weighted by Gasteiger charge is 2.38. The summed E-state index contributed by atoms with van der Waals surface area (Å²) in [6.07, 6.45) is 0. The van der Waals surface area contributed by atoms with E-state index < -0.39 is 5.54 Å². The Morgan fingerprint density at radius 3 is 2.52 bits per heavy atom. The van der Waals surface area contributed by atoms with Crippen LogP contribution in [0.5, 0.6) is 5.75 Å². The van der Waals surface area contributed by atoms with Crippen LogP contribution in [0.1, 0.15) is 19.4 Å². The van der Waals surface area contributed by atoms with Gasteiger partial charge in [-0.1, -0.05) is 29.8 Å². The van der Waals surface area contributed by atoms with Gasteiger partial charge < -0.3 is 15.0 Å². The molecule has 0 aromatic heterocycles. The number of nitrogens with one attached hydrogen (secondary N) is 1. The highest BCUT2D eigenvalue weighted by molar-refractivity contribution is 6.07. The maximum atomic E-state index is 12.7. The molecule has 1 aliphatic heterocycles. The number of amides is 1. The number of rotatable bonds is 4. The van der Waals surface area contributed by atoms with Crippen molar-refractivity contribution >= 4 is 17.3 Å². The summed E-state index contributed by atoms with van der Waals surface area (Å²) >= 11 is 0. The molecule has 1 N–H and O–H groups in total. The lowest BCUT2D eigenvalue weighted by Gasteiger charge is -2.39. The number of aryl methyl sites for hydroxylation is 1. The molecule has 0 spiro atoms. The molecule has 1 aliphatic rings. The van der Waals surface area contributed by atoms with Gasteiger partial charge in [0, 0.05) is 0 Å². The Bertz CT molecular complexity index is 708. The first-order chi connectivity index (χ1) is 11.0. The van der Waals surface area contributed by atoms with Gasteiger partial charge in [0.15, 0.2) is 0 Å². The second kappa shape index (κ2) is 5.95. The zero-order valence-electron chi connectivity index (χ0n) is 13.8. The van der Waals surface area contributed by atoms with Crippen LogP contribution in [0.3, 0.4) is 0 Å². The number of para-hydroxylation sites is 2. The lowest BCUT2D eigenvalue weighted by molar-refractivity contribution is -0.122. The van der Waals surface area contributed by atoms with E-state index in [0.717, 1.165) is 17.1 Å². The Morgan fingerprint density at radius 2 is 1.78 bits per heavy atom. The molecule has 1 amide bonds. The van der Waals surface area contributed by atoms with Crippen molar-refractivity contribution in [2.24, 2.45) is 0 Å². The zero-order valence-corrected chi connectivity index (χ0v) is 13.8. The zero-order chi connectivity index (χ0) is 16.4. The summed E-state index contributed by atoms with van der Waals surface area (Å²) < 4.78 is 5.78. The Labute approximate surface area is 137 Å². The van der Waals surface area contributed by atoms with Gasteiger partial charge in [0.25, 0.3) is 5.91 Å². The van der Waals surface area contributed by atoms with E-state index in [1.807, 2.05) is 69.3 Å². The number of ether oxygens (including phenoxy) is 1. The molecule has 2 aromatic carbocycles. The third-order valence-corrected chi connectivity index (χ3v) is 4.03. The van der Waals surface area contributed by atoms with E-state index in [0.29, 0.717) is 13.2 Å². The second-order valence-corrected chi connectivity index (χ2v) is 6.39. The molecule has 3 rings (SSSR count). The van der Waals surface area contributed by atoms with E-state index in [1.54, 1.807) is 4.90 Å². The van der Waals surface area contributed by atoms with Gasteiger partial charge in [0.05, 0.1) is 17.9 Å². The van der Waals surface area contributed by atoms with E-state index in [2.05, 4.69) is 5.32 Å². The topological polar surface area (TPSA) is 41.6 Å². The van der Waals surface area contributed by atoms with Crippen molar-refractivity contribution < 1.29 is 9.53 Å². The maximum absolute atomic E-state index is 12.7. The molecule has 120 valence electrons. The van der Waals surface area contributed by atoms with Gasteiger partial charge in [0.1, 0.15) is 17.9 Å². The fourth-order valence-corrected chi connectivity index (χ4v) is 2.76. The number of benzene rings is 2. The summed E-state index contributed by atoms with van der Waals surface area (Å²) in [5, 5.41) is 3.30. The number of carbonyl (C=O) groups is 1. The third kappa shape index (κ3) is 3.16. The van der Waals surface area contributed by atoms with Crippen molar-refractivity contribution in [2.45, 2.75) is 26.3 Å². The molecule has 1 heterocycles. The smallest absolute Gasteiger partial charge is 0.252 e. The number of anilines is 2. The first-order valence-electron chi connectivity index (χ1n) is 7.86. The second-order valence-electron chi connectivity index (χ2n) is 6.39. The van der Waals surface area contributed by atoms with Gasteiger partial charge in [-0.25, -0.2) is 0 Å². The van der Waals surface area contributed by atoms with Crippen LogP contribution >= 0.6 is 0 Å². The predicted molar refractivity (Wildman–Crippen MR) is 93.2 cm³/mol. The molecule has 4 nitrogen and oxygen atoms in total. The molecule has 0 saturated heterocycles. The third-order valence-electron chi connectivity index (χ3n) is 4.03. The quantitative estimate of drug-likeness (QED) is 0.938. The van der Waals surface area contributed by atoms with Gasteiger partial charge in [-0.2, -0.15) is 0 Å². The minimum absolute atomic E-state index is 0.0590. The summed E-state index contributed by atoms with van der Waals surface area (Å²) in [6.45, 7) is 6.83. The normalized spacial score (nSPS) is 15.8. The van der Waals surface area contributed by atoms with E-state index in [4.69, 9.17) is 4.74 Å². The van der Waals surface area contributed by atoms with Crippen LogP contribution in [-0.2, 0) is 4.79 Å². The molecule has 0 saturated carbocycles. The monoisotopic (exact) mass is 310 g/mol. The molecule has 2 aromatic rings. The maximum Gasteiger partial charge on any atom is 0.252 e. The number of hydrogen-bond acceptors (Lipinski definition) is 3. The van der Waals surface area contributed by atoms with E-state index in [-0.39, 0.29) is 5.91 Å². The minimum Gasteiger partial charge on any atom is -0.492 e. The lowest BCUT2D eigenvalue weighted by atomic mass is 9.98. The first kappa shape index (κ1) is 15.4.